The second-order valence-electron chi connectivity index (χ2n) is 5.72. The molecule has 2 amide bonds. The lowest BCUT2D eigenvalue weighted by molar-refractivity contribution is 0.199. The van der Waals surface area contributed by atoms with Gasteiger partial charge in [-0.15, -0.1) is 6.58 Å². The lowest BCUT2D eigenvalue weighted by Gasteiger charge is -2.22. The van der Waals surface area contributed by atoms with Crippen molar-refractivity contribution in [1.29, 1.82) is 0 Å². The van der Waals surface area contributed by atoms with E-state index < -0.39 is 0 Å². The van der Waals surface area contributed by atoms with Gasteiger partial charge in [-0.25, -0.2) is 9.78 Å². The van der Waals surface area contributed by atoms with E-state index in [0.717, 1.165) is 23.6 Å². The number of methoxy groups -OCH3 is 1. The van der Waals surface area contributed by atoms with Crippen molar-refractivity contribution in [3.05, 3.63) is 60.7 Å². The number of aromatic nitrogens is 2. The summed E-state index contributed by atoms with van der Waals surface area (Å²) in [6.07, 6.45) is 6.30. The van der Waals surface area contributed by atoms with Gasteiger partial charge in [0.1, 0.15) is 11.6 Å². The van der Waals surface area contributed by atoms with Gasteiger partial charge in [-0.1, -0.05) is 25.1 Å². The molecule has 0 atom stereocenters. The van der Waals surface area contributed by atoms with Gasteiger partial charge in [-0.05, 0) is 24.1 Å². The Kier molecular flexibility index (Phi) is 7.07. The van der Waals surface area contributed by atoms with E-state index in [0.29, 0.717) is 26.2 Å². The molecule has 0 saturated heterocycles. The molecule has 0 radical (unpaired) electrons. The molecule has 134 valence electrons. The van der Waals surface area contributed by atoms with Crippen LogP contribution in [0.1, 0.15) is 24.7 Å². The molecule has 0 unspecified atom stereocenters. The number of carbonyl (C=O) groups excluding carboxylic acids is 1. The smallest absolute Gasteiger partial charge is 0.318 e. The highest BCUT2D eigenvalue weighted by atomic mass is 16.5. The summed E-state index contributed by atoms with van der Waals surface area (Å²) in [7, 11) is 1.66. The van der Waals surface area contributed by atoms with Crippen LogP contribution < -0.4 is 10.1 Å². The average molecular weight is 342 g/mol. The Bertz CT molecular complexity index is 696. The van der Waals surface area contributed by atoms with Crippen LogP contribution in [0.5, 0.6) is 5.75 Å². The Balaban J connectivity index is 2.10. The van der Waals surface area contributed by atoms with Crippen molar-refractivity contribution < 1.29 is 9.53 Å². The number of nitrogens with one attached hydrogen (secondary N) is 1. The second-order valence-corrected chi connectivity index (χ2v) is 5.72. The van der Waals surface area contributed by atoms with Crippen LogP contribution in [0.3, 0.4) is 0 Å². The fourth-order valence-electron chi connectivity index (χ4n) is 2.49. The highest BCUT2D eigenvalue weighted by Gasteiger charge is 2.15. The van der Waals surface area contributed by atoms with E-state index in [1.807, 2.05) is 42.0 Å². The normalized spacial score (nSPS) is 10.3. The summed E-state index contributed by atoms with van der Waals surface area (Å²) >= 11 is 0. The number of nitrogens with zero attached hydrogens (tertiary/aromatic N) is 3. The number of amides is 2. The Hall–Kier alpha value is -2.76. The summed E-state index contributed by atoms with van der Waals surface area (Å²) in [6, 6.07) is 7.83. The molecule has 2 aromatic rings. The number of imidazole rings is 1. The molecule has 1 aromatic heterocycles. The molecule has 1 aromatic carbocycles. The Morgan fingerprint density at radius 1 is 1.48 bits per heavy atom. The predicted octanol–water partition coefficient (Wildman–Crippen LogP) is 3.05. The van der Waals surface area contributed by atoms with Gasteiger partial charge >= 0.3 is 6.03 Å². The maximum atomic E-state index is 12.3. The van der Waals surface area contributed by atoms with Crippen molar-refractivity contribution >= 4 is 6.03 Å². The standard InChI is InChI=1S/C19H26N4O2/c1-4-9-21-19(24)23(11-5-2)15-18-20-10-12-22(18)14-16-7-6-8-17(13-16)25-3/h5-8,10,12-13H,2,4,9,11,14-15H2,1,3H3,(H,21,24). The molecule has 0 aliphatic carbocycles. The van der Waals surface area contributed by atoms with Crippen molar-refractivity contribution in [1.82, 2.24) is 19.8 Å². The van der Waals surface area contributed by atoms with Crippen molar-refractivity contribution in [3.8, 4) is 5.75 Å². The minimum Gasteiger partial charge on any atom is -0.497 e. The van der Waals surface area contributed by atoms with Crippen LogP contribution in [0, 0.1) is 0 Å². The van der Waals surface area contributed by atoms with E-state index in [9.17, 15) is 4.79 Å². The molecule has 2 rings (SSSR count). The first-order valence-electron chi connectivity index (χ1n) is 8.44. The predicted molar refractivity (Wildman–Crippen MR) is 98.6 cm³/mol. The summed E-state index contributed by atoms with van der Waals surface area (Å²) < 4.78 is 7.31. The monoisotopic (exact) mass is 342 g/mol. The summed E-state index contributed by atoms with van der Waals surface area (Å²) in [5, 5.41) is 2.90. The summed E-state index contributed by atoms with van der Waals surface area (Å²) in [5.74, 6) is 1.66. The summed E-state index contributed by atoms with van der Waals surface area (Å²) in [5.41, 5.74) is 1.12. The molecule has 0 aliphatic heterocycles. The zero-order chi connectivity index (χ0) is 18.1. The van der Waals surface area contributed by atoms with Crippen LogP contribution in [-0.2, 0) is 13.1 Å². The largest absolute Gasteiger partial charge is 0.497 e. The minimum absolute atomic E-state index is 0.0994. The van der Waals surface area contributed by atoms with E-state index in [1.54, 1.807) is 24.3 Å². The summed E-state index contributed by atoms with van der Waals surface area (Å²) in [4.78, 5) is 18.4. The van der Waals surface area contributed by atoms with Gasteiger partial charge in [0.2, 0.25) is 0 Å². The molecule has 0 fully saturated rings. The number of rotatable bonds is 9. The fraction of sp³-hybridized carbons (Fsp3) is 0.368. The average Bonchev–Trinajstić information content (AvgIpc) is 3.06. The molecule has 25 heavy (non-hydrogen) atoms. The number of hydrogen-bond donors (Lipinski definition) is 1. The zero-order valence-corrected chi connectivity index (χ0v) is 14.9. The first-order chi connectivity index (χ1) is 12.2. The van der Waals surface area contributed by atoms with E-state index in [4.69, 9.17) is 4.74 Å². The van der Waals surface area contributed by atoms with Gasteiger partial charge in [-0.2, -0.15) is 0 Å². The summed E-state index contributed by atoms with van der Waals surface area (Å²) in [6.45, 7) is 8.00. The van der Waals surface area contributed by atoms with Crippen molar-refractivity contribution in [2.75, 3.05) is 20.2 Å². The quantitative estimate of drug-likeness (QED) is 0.713. The van der Waals surface area contributed by atoms with Crippen LogP contribution in [0.25, 0.3) is 0 Å². The lowest BCUT2D eigenvalue weighted by atomic mass is 10.2. The highest BCUT2D eigenvalue weighted by molar-refractivity contribution is 5.74. The van der Waals surface area contributed by atoms with Gasteiger partial charge in [0.15, 0.2) is 0 Å². The van der Waals surface area contributed by atoms with Crippen LogP contribution in [-0.4, -0.2) is 40.7 Å². The molecule has 0 bridgehead atoms. The Labute approximate surface area is 149 Å². The molecule has 0 saturated carbocycles. The Morgan fingerprint density at radius 2 is 2.32 bits per heavy atom. The third-order valence-electron chi connectivity index (χ3n) is 3.78. The first kappa shape index (κ1) is 18.6. The number of carbonyl (C=O) groups is 1. The molecule has 6 nitrogen and oxygen atoms in total. The number of hydrogen-bond acceptors (Lipinski definition) is 3. The SMILES string of the molecule is C=CCN(Cc1nccn1Cc1cccc(OC)c1)C(=O)NCCC. The van der Waals surface area contributed by atoms with E-state index in [-0.39, 0.29) is 6.03 Å². The van der Waals surface area contributed by atoms with Crippen LogP contribution in [0.4, 0.5) is 4.79 Å². The number of urea groups is 1. The van der Waals surface area contributed by atoms with E-state index >= 15 is 0 Å². The fourth-order valence-corrected chi connectivity index (χ4v) is 2.49. The number of benzene rings is 1. The first-order valence-corrected chi connectivity index (χ1v) is 8.44. The van der Waals surface area contributed by atoms with Crippen molar-refractivity contribution in [3.63, 3.8) is 0 Å². The van der Waals surface area contributed by atoms with Crippen molar-refractivity contribution in [2.45, 2.75) is 26.4 Å². The van der Waals surface area contributed by atoms with Crippen LogP contribution in [0.15, 0.2) is 49.3 Å². The molecule has 0 spiro atoms. The zero-order valence-electron chi connectivity index (χ0n) is 14.9. The molecule has 1 heterocycles. The highest BCUT2D eigenvalue weighted by Crippen LogP contribution is 2.15. The number of ether oxygens (including phenoxy) is 1. The molecular weight excluding hydrogens is 316 g/mol. The van der Waals surface area contributed by atoms with Crippen LogP contribution >= 0.6 is 0 Å². The maximum absolute atomic E-state index is 12.3. The van der Waals surface area contributed by atoms with E-state index in [2.05, 4.69) is 16.9 Å². The molecule has 1 N–H and O–H groups in total. The molecule has 0 aliphatic rings. The topological polar surface area (TPSA) is 59.4 Å². The minimum atomic E-state index is -0.0994. The maximum Gasteiger partial charge on any atom is 0.318 e. The third-order valence-corrected chi connectivity index (χ3v) is 3.78. The molecule has 6 heteroatoms. The second kappa shape index (κ2) is 9.52. The van der Waals surface area contributed by atoms with Crippen molar-refractivity contribution in [2.24, 2.45) is 0 Å². The van der Waals surface area contributed by atoms with E-state index in [1.165, 1.54) is 0 Å². The van der Waals surface area contributed by atoms with Crippen LogP contribution in [0.2, 0.25) is 0 Å². The van der Waals surface area contributed by atoms with Gasteiger partial charge in [0.05, 0.1) is 13.7 Å². The van der Waals surface area contributed by atoms with Gasteiger partial charge in [-0.3, -0.25) is 0 Å². The Morgan fingerprint density at radius 3 is 3.04 bits per heavy atom. The molecular formula is C19H26N4O2. The third kappa shape index (κ3) is 5.38. The lowest BCUT2D eigenvalue weighted by Crippen LogP contribution is -2.40. The van der Waals surface area contributed by atoms with Gasteiger partial charge in [0, 0.05) is 32.0 Å². The van der Waals surface area contributed by atoms with Gasteiger partial charge in [0.25, 0.3) is 0 Å². The van der Waals surface area contributed by atoms with Gasteiger partial charge < -0.3 is 19.5 Å².